The largest absolute Gasteiger partial charge is 0.370 e. The van der Waals surface area contributed by atoms with Gasteiger partial charge in [0.25, 0.3) is 0 Å². The molecule has 0 bridgehead atoms. The van der Waals surface area contributed by atoms with Gasteiger partial charge in [-0.2, -0.15) is 0 Å². The van der Waals surface area contributed by atoms with Crippen LogP contribution in [0.1, 0.15) is 35.7 Å². The fraction of sp³-hybridized carbons (Fsp3) is 0.280. The van der Waals surface area contributed by atoms with Crippen LogP contribution in [0.4, 0.5) is 0 Å². The van der Waals surface area contributed by atoms with Gasteiger partial charge in [0.05, 0.1) is 18.0 Å². The van der Waals surface area contributed by atoms with Gasteiger partial charge in [-0.3, -0.25) is 0 Å². The van der Waals surface area contributed by atoms with Crippen molar-refractivity contribution in [1.82, 2.24) is 9.97 Å². The second-order valence-electron chi connectivity index (χ2n) is 8.23. The van der Waals surface area contributed by atoms with Crippen LogP contribution in [-0.2, 0) is 29.3 Å². The Morgan fingerprint density at radius 1 is 0.935 bits per heavy atom. The lowest BCUT2D eigenvalue weighted by Crippen LogP contribution is -2.31. The van der Waals surface area contributed by atoms with E-state index >= 15 is 0 Å². The van der Waals surface area contributed by atoms with Crippen LogP contribution in [0.25, 0.3) is 10.2 Å². The summed E-state index contributed by atoms with van der Waals surface area (Å²) in [4.78, 5) is 13.7. The Balaban J connectivity index is 1.50. The predicted octanol–water partition coefficient (Wildman–Crippen LogP) is 7.13. The Morgan fingerprint density at radius 2 is 1.68 bits per heavy atom. The molecule has 0 unspecified atom stereocenters. The second-order valence-corrected chi connectivity index (χ2v) is 11.3. The Hall–Kier alpha value is -1.86. The van der Waals surface area contributed by atoms with E-state index in [0.29, 0.717) is 6.61 Å². The van der Waals surface area contributed by atoms with Crippen molar-refractivity contribution in [3.05, 3.63) is 82.5 Å². The molecule has 0 atom stereocenters. The summed E-state index contributed by atoms with van der Waals surface area (Å²) in [6, 6.07) is 21.1. The van der Waals surface area contributed by atoms with Gasteiger partial charge >= 0.3 is 0 Å². The van der Waals surface area contributed by atoms with Crippen LogP contribution < -0.4 is 0 Å². The SMILES string of the molecule is CC1(C)Cc2c(sc3nc(CSc4ccccc4)nc(SCc4ccccc4)c23)CO1. The molecular formula is C25H24N2OS3. The Labute approximate surface area is 195 Å². The van der Waals surface area contributed by atoms with Crippen LogP contribution in [0.15, 0.2) is 70.6 Å². The molecule has 2 aromatic heterocycles. The monoisotopic (exact) mass is 464 g/mol. The molecule has 158 valence electrons. The molecule has 3 heterocycles. The number of ether oxygens (including phenoxy) is 1. The predicted molar refractivity (Wildman–Crippen MR) is 132 cm³/mol. The number of benzene rings is 2. The van der Waals surface area contributed by atoms with E-state index in [1.807, 2.05) is 17.8 Å². The van der Waals surface area contributed by atoms with Gasteiger partial charge in [0.15, 0.2) is 0 Å². The molecule has 0 saturated carbocycles. The highest BCUT2D eigenvalue weighted by Crippen LogP contribution is 2.42. The zero-order valence-corrected chi connectivity index (χ0v) is 20.1. The van der Waals surface area contributed by atoms with E-state index in [4.69, 9.17) is 14.7 Å². The van der Waals surface area contributed by atoms with Gasteiger partial charge in [-0.15, -0.1) is 34.9 Å². The quantitative estimate of drug-likeness (QED) is 0.224. The van der Waals surface area contributed by atoms with Crippen molar-refractivity contribution >= 4 is 45.1 Å². The van der Waals surface area contributed by atoms with Crippen LogP contribution in [0.2, 0.25) is 0 Å². The molecule has 0 fully saturated rings. The highest BCUT2D eigenvalue weighted by Gasteiger charge is 2.31. The standard InChI is InChI=1S/C25H24N2OS3/c1-25(2)13-19-20(14-28-25)31-24-22(19)23(30-15-17-9-5-3-6-10-17)26-21(27-24)16-29-18-11-7-4-8-12-18/h3-12H,13-16H2,1-2H3. The van der Waals surface area contributed by atoms with E-state index in [9.17, 15) is 0 Å². The van der Waals surface area contributed by atoms with E-state index in [-0.39, 0.29) is 5.60 Å². The Morgan fingerprint density at radius 3 is 2.45 bits per heavy atom. The van der Waals surface area contributed by atoms with Crippen LogP contribution >= 0.6 is 34.9 Å². The highest BCUT2D eigenvalue weighted by molar-refractivity contribution is 7.99. The molecular weight excluding hydrogens is 440 g/mol. The number of aromatic nitrogens is 2. The molecule has 0 saturated heterocycles. The first-order valence-corrected chi connectivity index (χ1v) is 13.2. The first-order valence-electron chi connectivity index (χ1n) is 10.4. The van der Waals surface area contributed by atoms with E-state index in [1.54, 1.807) is 23.1 Å². The molecule has 0 radical (unpaired) electrons. The molecule has 4 aromatic rings. The van der Waals surface area contributed by atoms with Crippen LogP contribution in [-0.4, -0.2) is 15.6 Å². The summed E-state index contributed by atoms with van der Waals surface area (Å²) < 4.78 is 6.08. The average Bonchev–Trinajstić information content (AvgIpc) is 3.14. The fourth-order valence-electron chi connectivity index (χ4n) is 3.71. The van der Waals surface area contributed by atoms with Gasteiger partial charge in [0.2, 0.25) is 0 Å². The lowest BCUT2D eigenvalue weighted by Gasteiger charge is -2.30. The number of hydrogen-bond acceptors (Lipinski definition) is 6. The van der Waals surface area contributed by atoms with Crippen molar-refractivity contribution in [2.24, 2.45) is 0 Å². The lowest BCUT2D eigenvalue weighted by molar-refractivity contribution is -0.0379. The molecule has 3 nitrogen and oxygen atoms in total. The third-order valence-electron chi connectivity index (χ3n) is 5.27. The molecule has 2 aromatic carbocycles. The number of rotatable bonds is 6. The van der Waals surface area contributed by atoms with Gasteiger partial charge in [0, 0.05) is 27.3 Å². The number of thiophene rings is 1. The first-order chi connectivity index (χ1) is 15.1. The highest BCUT2D eigenvalue weighted by atomic mass is 32.2. The first kappa shape index (κ1) is 21.0. The maximum atomic E-state index is 6.08. The number of fused-ring (bicyclic) bond motifs is 3. The molecule has 0 spiro atoms. The van der Waals surface area contributed by atoms with Crippen LogP contribution in [0.5, 0.6) is 0 Å². The van der Waals surface area contributed by atoms with E-state index in [0.717, 1.165) is 33.6 Å². The number of nitrogens with zero attached hydrogens (tertiary/aromatic N) is 2. The maximum absolute atomic E-state index is 6.08. The van der Waals surface area contributed by atoms with E-state index in [2.05, 4.69) is 68.4 Å². The molecule has 1 aliphatic heterocycles. The molecule has 0 aliphatic carbocycles. The third-order valence-corrected chi connectivity index (χ3v) is 8.43. The van der Waals surface area contributed by atoms with Gasteiger partial charge < -0.3 is 4.74 Å². The molecule has 5 rings (SSSR count). The van der Waals surface area contributed by atoms with E-state index in [1.165, 1.54) is 26.3 Å². The molecule has 0 N–H and O–H groups in total. The van der Waals surface area contributed by atoms with Crippen LogP contribution in [0, 0.1) is 0 Å². The van der Waals surface area contributed by atoms with Gasteiger partial charge in [-0.25, -0.2) is 9.97 Å². The summed E-state index contributed by atoms with van der Waals surface area (Å²) in [6.45, 7) is 5.00. The minimum atomic E-state index is -0.149. The van der Waals surface area contributed by atoms with Gasteiger partial charge in [0.1, 0.15) is 15.7 Å². The molecule has 6 heteroatoms. The summed E-state index contributed by atoms with van der Waals surface area (Å²) in [6.07, 6.45) is 0.905. The van der Waals surface area contributed by atoms with Crippen molar-refractivity contribution in [2.75, 3.05) is 0 Å². The van der Waals surface area contributed by atoms with Crippen molar-refractivity contribution in [3.63, 3.8) is 0 Å². The summed E-state index contributed by atoms with van der Waals surface area (Å²) in [5, 5.41) is 2.35. The van der Waals surface area contributed by atoms with Gasteiger partial charge in [-0.1, -0.05) is 48.5 Å². The second kappa shape index (κ2) is 8.94. The molecule has 31 heavy (non-hydrogen) atoms. The maximum Gasteiger partial charge on any atom is 0.141 e. The van der Waals surface area contributed by atoms with Crippen molar-refractivity contribution in [1.29, 1.82) is 0 Å². The smallest absolute Gasteiger partial charge is 0.141 e. The third kappa shape index (κ3) is 4.82. The summed E-state index contributed by atoms with van der Waals surface area (Å²) >= 11 is 5.38. The summed E-state index contributed by atoms with van der Waals surface area (Å²) in [5.41, 5.74) is 2.55. The summed E-state index contributed by atoms with van der Waals surface area (Å²) in [5.74, 6) is 2.57. The number of hydrogen-bond donors (Lipinski definition) is 0. The van der Waals surface area contributed by atoms with Gasteiger partial charge in [-0.05, 0) is 37.1 Å². The zero-order valence-electron chi connectivity index (χ0n) is 17.6. The fourth-order valence-corrected chi connectivity index (χ4v) is 6.70. The average molecular weight is 465 g/mol. The Kier molecular flexibility index (Phi) is 6.06. The summed E-state index contributed by atoms with van der Waals surface area (Å²) in [7, 11) is 0. The topological polar surface area (TPSA) is 35.0 Å². The van der Waals surface area contributed by atoms with Crippen molar-refractivity contribution in [2.45, 2.75) is 53.9 Å². The lowest BCUT2D eigenvalue weighted by atomic mass is 9.95. The molecule has 1 aliphatic rings. The zero-order chi connectivity index (χ0) is 21.3. The van der Waals surface area contributed by atoms with Crippen molar-refractivity contribution in [3.8, 4) is 0 Å². The van der Waals surface area contributed by atoms with Crippen molar-refractivity contribution < 1.29 is 4.74 Å². The van der Waals surface area contributed by atoms with E-state index < -0.39 is 0 Å². The van der Waals surface area contributed by atoms with Crippen LogP contribution in [0.3, 0.4) is 0 Å². The minimum Gasteiger partial charge on any atom is -0.370 e. The molecule has 0 amide bonds. The number of thioether (sulfide) groups is 2. The Bertz CT molecular complexity index is 1190. The normalized spacial score (nSPS) is 15.2. The minimum absolute atomic E-state index is 0.149.